The minimum Gasteiger partial charge on any atom is -0.354 e. The molecule has 10 nitrogen and oxygen atoms in total. The van der Waals surface area contributed by atoms with Crippen molar-refractivity contribution in [1.82, 2.24) is 29.7 Å². The maximum Gasteiger partial charge on any atom is 0.192 e. The molecule has 12 heteroatoms. The lowest BCUT2D eigenvalue weighted by molar-refractivity contribution is 0.331. The van der Waals surface area contributed by atoms with E-state index in [1.807, 2.05) is 12.3 Å². The summed E-state index contributed by atoms with van der Waals surface area (Å²) < 4.78 is 40.0. The fourth-order valence-corrected chi connectivity index (χ4v) is 5.02. The summed E-state index contributed by atoms with van der Waals surface area (Å²) in [6, 6.07) is 6.18. The molecule has 5 heterocycles. The van der Waals surface area contributed by atoms with Crippen molar-refractivity contribution >= 4 is 26.7 Å². The summed E-state index contributed by atoms with van der Waals surface area (Å²) in [5.74, 6) is -0.572. The molecule has 2 atom stereocenters. The van der Waals surface area contributed by atoms with E-state index in [0.717, 1.165) is 34.6 Å². The van der Waals surface area contributed by atoms with Crippen molar-refractivity contribution in [2.24, 2.45) is 5.92 Å². The number of aromatic amines is 1. The van der Waals surface area contributed by atoms with Crippen LogP contribution in [0.25, 0.3) is 22.3 Å². The number of aromatic nitrogens is 6. The maximum atomic E-state index is 14.5. The molecule has 0 amide bonds. The van der Waals surface area contributed by atoms with Crippen LogP contribution in [0.15, 0.2) is 48.1 Å². The molecule has 4 aromatic heterocycles. The Bertz CT molecular complexity index is 1510. The van der Waals surface area contributed by atoms with Gasteiger partial charge in [0.25, 0.3) is 0 Å². The van der Waals surface area contributed by atoms with E-state index in [-0.39, 0.29) is 29.2 Å². The molecule has 1 N–H and O–H groups in total. The molecule has 5 rings (SSSR count). The van der Waals surface area contributed by atoms with Crippen molar-refractivity contribution in [1.29, 1.82) is 5.26 Å². The van der Waals surface area contributed by atoms with Gasteiger partial charge < -0.3 is 9.88 Å². The van der Waals surface area contributed by atoms with Crippen LogP contribution in [0.2, 0.25) is 0 Å². The van der Waals surface area contributed by atoms with Gasteiger partial charge in [-0.15, -0.1) is 0 Å². The Labute approximate surface area is 195 Å². The van der Waals surface area contributed by atoms with Crippen molar-refractivity contribution in [3.05, 3.63) is 48.9 Å². The maximum absolute atomic E-state index is 14.5. The second kappa shape index (κ2) is 8.49. The Morgan fingerprint density at radius 1 is 1.32 bits per heavy atom. The number of halogens is 1. The quantitative estimate of drug-likeness (QED) is 0.445. The first-order valence-electron chi connectivity index (χ1n) is 10.7. The zero-order valence-electron chi connectivity index (χ0n) is 18.3. The number of sulfone groups is 1. The number of anilines is 1. The lowest BCUT2D eigenvalue weighted by atomic mass is 9.96. The number of nitrogens with one attached hydrogen (secondary N) is 1. The largest absolute Gasteiger partial charge is 0.354 e. The summed E-state index contributed by atoms with van der Waals surface area (Å²) in [6.07, 6.45) is 8.81. The smallest absolute Gasteiger partial charge is 0.192 e. The van der Waals surface area contributed by atoms with Gasteiger partial charge in [0.2, 0.25) is 0 Å². The van der Waals surface area contributed by atoms with E-state index < -0.39 is 15.7 Å². The van der Waals surface area contributed by atoms with Crippen LogP contribution in [0, 0.1) is 23.1 Å². The first-order chi connectivity index (χ1) is 16.3. The Hall–Kier alpha value is -3.85. The number of rotatable bonds is 6. The van der Waals surface area contributed by atoms with E-state index in [1.165, 1.54) is 12.4 Å². The van der Waals surface area contributed by atoms with E-state index in [1.54, 1.807) is 22.0 Å². The molecule has 0 radical (unpaired) electrons. The monoisotopic (exact) mass is 480 g/mol. The normalized spacial score (nSPS) is 17.2. The molecule has 4 aromatic rings. The summed E-state index contributed by atoms with van der Waals surface area (Å²) in [5.41, 5.74) is 2.27. The molecule has 1 saturated heterocycles. The third-order valence-corrected chi connectivity index (χ3v) is 7.11. The van der Waals surface area contributed by atoms with Gasteiger partial charge in [0.1, 0.15) is 12.0 Å². The third kappa shape index (κ3) is 3.99. The van der Waals surface area contributed by atoms with Gasteiger partial charge in [-0.2, -0.15) is 10.4 Å². The highest BCUT2D eigenvalue weighted by molar-refractivity contribution is 7.90. The number of hydrogen-bond donors (Lipinski definition) is 1. The van der Waals surface area contributed by atoms with Crippen LogP contribution in [-0.4, -0.2) is 57.5 Å². The number of nitriles is 1. The van der Waals surface area contributed by atoms with Gasteiger partial charge in [0.05, 0.1) is 30.4 Å². The fraction of sp³-hybridized carbons (Fsp3) is 0.318. The van der Waals surface area contributed by atoms with Gasteiger partial charge in [-0.05, 0) is 24.6 Å². The molecule has 0 aliphatic carbocycles. The number of hydrogen-bond acceptors (Lipinski definition) is 8. The van der Waals surface area contributed by atoms with Crippen LogP contribution in [-0.2, 0) is 9.84 Å². The van der Waals surface area contributed by atoms with E-state index in [0.29, 0.717) is 19.5 Å². The van der Waals surface area contributed by atoms with Crippen LogP contribution in [0.3, 0.4) is 0 Å². The van der Waals surface area contributed by atoms with Gasteiger partial charge in [-0.3, -0.25) is 4.68 Å². The standard InChI is InChI=1S/C22H21FN8O2S/c1-34(32,33)19-3-2-17(23)22(29-19)30-9-6-14(11-30)18(4-7-24)31-12-15(10-28-31)20-16-5-8-25-21(16)27-13-26-20/h2-3,5,8,10,12-14,18H,4,6,9,11H2,1H3,(H,25,26,27). The van der Waals surface area contributed by atoms with Gasteiger partial charge in [-0.1, -0.05) is 0 Å². The molecule has 0 aromatic carbocycles. The summed E-state index contributed by atoms with van der Waals surface area (Å²) in [6.45, 7) is 0.919. The Kier molecular flexibility index (Phi) is 5.49. The summed E-state index contributed by atoms with van der Waals surface area (Å²) in [5, 5.41) is 14.7. The van der Waals surface area contributed by atoms with Crippen LogP contribution >= 0.6 is 0 Å². The Balaban J connectivity index is 1.42. The number of fused-ring (bicyclic) bond motifs is 1. The van der Waals surface area contributed by atoms with Crippen molar-refractivity contribution < 1.29 is 12.8 Å². The fourth-order valence-electron chi connectivity index (χ4n) is 4.45. The number of nitrogens with zero attached hydrogens (tertiary/aromatic N) is 7. The average molecular weight is 481 g/mol. The molecule has 1 fully saturated rings. The minimum atomic E-state index is -3.56. The van der Waals surface area contributed by atoms with E-state index in [2.05, 4.69) is 31.1 Å². The molecular formula is C22H21FN8O2S. The zero-order valence-corrected chi connectivity index (χ0v) is 19.1. The van der Waals surface area contributed by atoms with Crippen molar-refractivity contribution in [2.45, 2.75) is 23.9 Å². The minimum absolute atomic E-state index is 0.00633. The Morgan fingerprint density at radius 2 is 2.18 bits per heavy atom. The lowest BCUT2D eigenvalue weighted by Gasteiger charge is -2.23. The second-order valence-corrected chi connectivity index (χ2v) is 10.3. The lowest BCUT2D eigenvalue weighted by Crippen LogP contribution is -2.26. The average Bonchev–Trinajstić information content (AvgIpc) is 3.57. The molecule has 1 aliphatic heterocycles. The summed E-state index contributed by atoms with van der Waals surface area (Å²) in [7, 11) is -3.56. The predicted molar refractivity (Wildman–Crippen MR) is 122 cm³/mol. The molecular weight excluding hydrogens is 459 g/mol. The van der Waals surface area contributed by atoms with Gasteiger partial charge in [0, 0.05) is 48.6 Å². The van der Waals surface area contributed by atoms with Crippen LogP contribution < -0.4 is 4.90 Å². The van der Waals surface area contributed by atoms with Gasteiger partial charge in [0.15, 0.2) is 26.5 Å². The molecule has 2 unspecified atom stereocenters. The van der Waals surface area contributed by atoms with Crippen molar-refractivity contribution in [3.63, 3.8) is 0 Å². The summed E-state index contributed by atoms with van der Waals surface area (Å²) >= 11 is 0. The SMILES string of the molecule is CS(=O)(=O)c1ccc(F)c(N2CCC(C(CC#N)n3cc(-c4ncnc5[nH]ccc45)cn3)C2)n1. The van der Waals surface area contributed by atoms with E-state index in [4.69, 9.17) is 0 Å². The zero-order chi connectivity index (χ0) is 23.9. The van der Waals surface area contributed by atoms with Gasteiger partial charge >= 0.3 is 0 Å². The first kappa shape index (κ1) is 22.0. The highest BCUT2D eigenvalue weighted by Crippen LogP contribution is 2.34. The third-order valence-electron chi connectivity index (χ3n) is 6.12. The highest BCUT2D eigenvalue weighted by atomic mass is 32.2. The molecule has 174 valence electrons. The van der Waals surface area contributed by atoms with E-state index in [9.17, 15) is 18.1 Å². The molecule has 34 heavy (non-hydrogen) atoms. The predicted octanol–water partition coefficient (Wildman–Crippen LogP) is 2.74. The first-order valence-corrected chi connectivity index (χ1v) is 12.6. The molecule has 1 aliphatic rings. The van der Waals surface area contributed by atoms with Crippen molar-refractivity contribution in [2.75, 3.05) is 24.2 Å². The molecule has 0 saturated carbocycles. The second-order valence-electron chi connectivity index (χ2n) is 8.32. The topological polar surface area (TPSA) is 133 Å². The van der Waals surface area contributed by atoms with E-state index >= 15 is 0 Å². The number of H-pyrrole nitrogens is 1. The molecule has 0 bridgehead atoms. The Morgan fingerprint density at radius 3 is 2.97 bits per heavy atom. The van der Waals surface area contributed by atoms with Crippen LogP contribution in [0.4, 0.5) is 10.2 Å². The van der Waals surface area contributed by atoms with Crippen molar-refractivity contribution in [3.8, 4) is 17.3 Å². The highest BCUT2D eigenvalue weighted by Gasteiger charge is 2.33. The molecule has 0 spiro atoms. The summed E-state index contributed by atoms with van der Waals surface area (Å²) in [4.78, 5) is 17.5. The number of pyridine rings is 1. The van der Waals surface area contributed by atoms with Crippen LogP contribution in [0.5, 0.6) is 0 Å². The van der Waals surface area contributed by atoms with Gasteiger partial charge in [-0.25, -0.2) is 27.8 Å². The van der Waals surface area contributed by atoms with Crippen LogP contribution in [0.1, 0.15) is 18.9 Å².